The number of nitrogens with two attached hydrogens (primary N) is 1. The van der Waals surface area contributed by atoms with Crippen LogP contribution in [0.4, 0.5) is 0 Å². The van der Waals surface area contributed by atoms with E-state index in [-0.39, 0.29) is 12.1 Å². The van der Waals surface area contributed by atoms with Gasteiger partial charge in [-0.1, -0.05) is 15.9 Å². The summed E-state index contributed by atoms with van der Waals surface area (Å²) < 4.78 is 6.64. The van der Waals surface area contributed by atoms with Crippen LogP contribution in [0.15, 0.2) is 22.7 Å². The van der Waals surface area contributed by atoms with Crippen molar-refractivity contribution in [2.24, 2.45) is 5.73 Å². The molecule has 0 heterocycles. The molecule has 1 rings (SSSR count). The van der Waals surface area contributed by atoms with Gasteiger partial charge in [-0.2, -0.15) is 0 Å². The number of aliphatic hydroxyl groups is 1. The lowest BCUT2D eigenvalue weighted by molar-refractivity contribution is 0.0596. The third-order valence-corrected chi connectivity index (χ3v) is 2.95. The highest BCUT2D eigenvalue weighted by Gasteiger charge is 2.14. The van der Waals surface area contributed by atoms with Crippen LogP contribution in [0.25, 0.3) is 0 Å². The van der Waals surface area contributed by atoms with Gasteiger partial charge in [0.1, 0.15) is 11.9 Å². The Labute approximate surface area is 105 Å². The number of benzene rings is 1. The lowest BCUT2D eigenvalue weighted by Crippen LogP contribution is -2.26. The van der Waals surface area contributed by atoms with E-state index < -0.39 is 6.10 Å². The van der Waals surface area contributed by atoms with Gasteiger partial charge < -0.3 is 15.6 Å². The summed E-state index contributed by atoms with van der Waals surface area (Å²) in [4.78, 5) is 0. The molecule has 1 aromatic carbocycles. The van der Waals surface area contributed by atoms with Gasteiger partial charge in [0.2, 0.25) is 0 Å². The fourth-order valence-corrected chi connectivity index (χ4v) is 1.66. The molecule has 0 saturated carbocycles. The smallest absolute Gasteiger partial charge is 0.124 e. The average molecular weight is 288 g/mol. The highest BCUT2D eigenvalue weighted by molar-refractivity contribution is 9.10. The lowest BCUT2D eigenvalue weighted by atomic mass is 10.1. The van der Waals surface area contributed by atoms with Crippen molar-refractivity contribution in [2.45, 2.75) is 39.0 Å². The molecule has 0 aliphatic rings. The molecule has 90 valence electrons. The molecule has 0 amide bonds. The van der Waals surface area contributed by atoms with Gasteiger partial charge in [-0.3, -0.25) is 0 Å². The molecule has 4 heteroatoms. The molecule has 16 heavy (non-hydrogen) atoms. The molecular formula is C12H18BrNO2. The molecular weight excluding hydrogens is 270 g/mol. The van der Waals surface area contributed by atoms with Crippen molar-refractivity contribution in [2.75, 3.05) is 0 Å². The van der Waals surface area contributed by atoms with Crippen molar-refractivity contribution in [3.8, 4) is 5.75 Å². The SMILES string of the molecule is CC(O)C(C)Oc1ccc(Br)cc1[C@H](C)N. The molecule has 2 unspecified atom stereocenters. The molecule has 0 aliphatic heterocycles. The van der Waals surface area contributed by atoms with Gasteiger partial charge in [0.15, 0.2) is 0 Å². The first kappa shape index (κ1) is 13.5. The standard InChI is InChI=1S/C12H18BrNO2/c1-7(14)11-6-10(13)4-5-12(11)16-9(3)8(2)15/h4-9,15H,14H2,1-3H3/t7-,8?,9?/m0/s1. The van der Waals surface area contributed by atoms with Crippen molar-refractivity contribution in [3.63, 3.8) is 0 Å². The molecule has 0 fully saturated rings. The molecule has 0 saturated heterocycles. The predicted molar refractivity (Wildman–Crippen MR) is 68.5 cm³/mol. The second-order valence-corrected chi connectivity index (χ2v) is 4.95. The van der Waals surface area contributed by atoms with E-state index in [1.165, 1.54) is 0 Å². The minimum atomic E-state index is -0.510. The zero-order valence-corrected chi connectivity index (χ0v) is 11.4. The Morgan fingerprint density at radius 1 is 1.31 bits per heavy atom. The van der Waals surface area contributed by atoms with Gasteiger partial charge in [0, 0.05) is 16.1 Å². The van der Waals surface area contributed by atoms with Gasteiger partial charge in [-0.25, -0.2) is 0 Å². The number of hydrogen-bond donors (Lipinski definition) is 2. The minimum absolute atomic E-state index is 0.103. The van der Waals surface area contributed by atoms with Crippen molar-refractivity contribution >= 4 is 15.9 Å². The highest BCUT2D eigenvalue weighted by atomic mass is 79.9. The van der Waals surface area contributed by atoms with E-state index in [0.29, 0.717) is 0 Å². The normalized spacial score (nSPS) is 16.6. The minimum Gasteiger partial charge on any atom is -0.488 e. The first-order valence-corrected chi connectivity index (χ1v) is 6.11. The van der Waals surface area contributed by atoms with E-state index >= 15 is 0 Å². The molecule has 3 N–H and O–H groups in total. The summed E-state index contributed by atoms with van der Waals surface area (Å²) in [6.45, 7) is 5.44. The number of rotatable bonds is 4. The van der Waals surface area contributed by atoms with Gasteiger partial charge >= 0.3 is 0 Å². The van der Waals surface area contributed by atoms with Gasteiger partial charge in [0.25, 0.3) is 0 Å². The van der Waals surface area contributed by atoms with Crippen LogP contribution in [-0.2, 0) is 0 Å². The molecule has 1 aromatic rings. The van der Waals surface area contributed by atoms with Gasteiger partial charge in [-0.05, 0) is 39.0 Å². The summed E-state index contributed by atoms with van der Waals surface area (Å²) in [5, 5.41) is 9.40. The van der Waals surface area contributed by atoms with E-state index in [9.17, 15) is 5.11 Å². The van der Waals surface area contributed by atoms with E-state index in [0.717, 1.165) is 15.8 Å². The van der Waals surface area contributed by atoms with Crippen LogP contribution in [0.2, 0.25) is 0 Å². The van der Waals surface area contributed by atoms with Crippen molar-refractivity contribution in [3.05, 3.63) is 28.2 Å². The van der Waals surface area contributed by atoms with Crippen LogP contribution in [0.3, 0.4) is 0 Å². The second kappa shape index (κ2) is 5.66. The molecule has 0 aromatic heterocycles. The van der Waals surface area contributed by atoms with Crippen LogP contribution in [0, 0.1) is 0 Å². The Morgan fingerprint density at radius 2 is 1.94 bits per heavy atom. The molecule has 3 atom stereocenters. The van der Waals surface area contributed by atoms with Crippen molar-refractivity contribution < 1.29 is 9.84 Å². The fraction of sp³-hybridized carbons (Fsp3) is 0.500. The Bertz CT molecular complexity index is 353. The van der Waals surface area contributed by atoms with Crippen molar-refractivity contribution in [1.29, 1.82) is 0 Å². The van der Waals surface area contributed by atoms with E-state index in [2.05, 4.69) is 15.9 Å². The van der Waals surface area contributed by atoms with Crippen LogP contribution in [-0.4, -0.2) is 17.3 Å². The maximum absolute atomic E-state index is 9.40. The maximum atomic E-state index is 9.40. The van der Waals surface area contributed by atoms with Crippen LogP contribution < -0.4 is 10.5 Å². The summed E-state index contributed by atoms with van der Waals surface area (Å²) >= 11 is 3.40. The van der Waals surface area contributed by atoms with Crippen molar-refractivity contribution in [1.82, 2.24) is 0 Å². The number of halogens is 1. The van der Waals surface area contributed by atoms with Crippen LogP contribution in [0.5, 0.6) is 5.75 Å². The Kier molecular flexibility index (Phi) is 4.77. The summed E-state index contributed by atoms with van der Waals surface area (Å²) in [7, 11) is 0. The summed E-state index contributed by atoms with van der Waals surface area (Å²) in [5.41, 5.74) is 6.80. The van der Waals surface area contributed by atoms with Crippen LogP contribution >= 0.6 is 15.9 Å². The quantitative estimate of drug-likeness (QED) is 0.895. The largest absolute Gasteiger partial charge is 0.488 e. The third-order valence-electron chi connectivity index (χ3n) is 2.45. The Hall–Kier alpha value is -0.580. The molecule has 0 aliphatic carbocycles. The maximum Gasteiger partial charge on any atom is 0.124 e. The summed E-state index contributed by atoms with van der Waals surface area (Å²) in [6.07, 6.45) is -0.761. The first-order valence-electron chi connectivity index (χ1n) is 5.31. The first-order chi connectivity index (χ1) is 7.41. The summed E-state index contributed by atoms with van der Waals surface area (Å²) in [6, 6.07) is 5.60. The number of ether oxygens (including phenoxy) is 1. The molecule has 0 bridgehead atoms. The monoisotopic (exact) mass is 287 g/mol. The predicted octanol–water partition coefficient (Wildman–Crippen LogP) is 2.62. The topological polar surface area (TPSA) is 55.5 Å². The Balaban J connectivity index is 2.95. The summed E-state index contributed by atoms with van der Waals surface area (Å²) in [5.74, 6) is 0.728. The fourth-order valence-electron chi connectivity index (χ4n) is 1.28. The van der Waals surface area contributed by atoms with E-state index in [1.807, 2.05) is 32.0 Å². The highest BCUT2D eigenvalue weighted by Crippen LogP contribution is 2.28. The number of aliphatic hydroxyl groups excluding tert-OH is 1. The average Bonchev–Trinajstić information content (AvgIpc) is 2.20. The van der Waals surface area contributed by atoms with E-state index in [4.69, 9.17) is 10.5 Å². The third kappa shape index (κ3) is 3.47. The van der Waals surface area contributed by atoms with Gasteiger partial charge in [0.05, 0.1) is 6.10 Å². The molecule has 3 nitrogen and oxygen atoms in total. The zero-order chi connectivity index (χ0) is 12.3. The van der Waals surface area contributed by atoms with Crippen LogP contribution in [0.1, 0.15) is 32.4 Å². The lowest BCUT2D eigenvalue weighted by Gasteiger charge is -2.21. The molecule has 0 spiro atoms. The Morgan fingerprint density at radius 3 is 2.44 bits per heavy atom. The zero-order valence-electron chi connectivity index (χ0n) is 9.77. The van der Waals surface area contributed by atoms with E-state index in [1.54, 1.807) is 6.92 Å². The van der Waals surface area contributed by atoms with Gasteiger partial charge in [-0.15, -0.1) is 0 Å². The number of hydrogen-bond acceptors (Lipinski definition) is 3. The molecule has 0 radical (unpaired) electrons. The second-order valence-electron chi connectivity index (χ2n) is 4.03.